The molecule has 0 bridgehead atoms. The molecule has 104 valence electrons. The summed E-state index contributed by atoms with van der Waals surface area (Å²) in [4.78, 5) is 0. The van der Waals surface area contributed by atoms with Crippen LogP contribution >= 0.6 is 50.5 Å². The molecule has 0 nitrogen and oxygen atoms in total. The van der Waals surface area contributed by atoms with E-state index < -0.39 is 0 Å². The minimum atomic E-state index is 0. The Morgan fingerprint density at radius 1 is 0.471 bits per heavy atom. The fourth-order valence-corrected chi connectivity index (χ4v) is 0. The van der Waals surface area contributed by atoms with E-state index in [1.165, 1.54) is 0 Å². The van der Waals surface area contributed by atoms with Gasteiger partial charge < -0.3 is 50.5 Å². The molecule has 0 aromatic rings. The summed E-state index contributed by atoms with van der Waals surface area (Å²) in [5.41, 5.74) is 0. The third-order valence-corrected chi connectivity index (χ3v) is 3.29. The molecule has 0 unspecified atom stereocenters. The van der Waals surface area contributed by atoms with E-state index in [0.717, 1.165) is 46.0 Å². The number of rotatable bonds is 4. The number of thiol groups is 4. The molecule has 0 rings (SSSR count). The molecule has 0 N–H and O–H groups in total. The Morgan fingerprint density at radius 3 is 0.529 bits per heavy atom. The Labute approximate surface area is 167 Å². The zero-order chi connectivity index (χ0) is 13.7. The molecule has 0 radical (unpaired) electrons. The number of hydrogen-bond donors (Lipinski definition) is 4. The second-order valence-electron chi connectivity index (χ2n) is 1.71. The molecule has 0 saturated heterocycles. The van der Waals surface area contributed by atoms with Gasteiger partial charge in [0, 0.05) is 0 Å². The molecule has 0 atom stereocenters. The van der Waals surface area contributed by atoms with E-state index in [2.05, 4.69) is 101 Å². The average molecular weight is 421 g/mol. The van der Waals surface area contributed by atoms with E-state index in [4.69, 9.17) is 0 Å². The maximum absolute atomic E-state index is 4.48. The van der Waals surface area contributed by atoms with Gasteiger partial charge in [0.05, 0.1) is 0 Å². The van der Waals surface area contributed by atoms with Crippen LogP contribution in [0.2, 0.25) is 0 Å². The molecule has 0 heterocycles. The van der Waals surface area contributed by atoms with Gasteiger partial charge in [-0.2, -0.15) is 73.5 Å². The summed E-state index contributed by atoms with van der Waals surface area (Å²) in [6.07, 6.45) is 0. The summed E-state index contributed by atoms with van der Waals surface area (Å²) in [7, 11) is 0. The van der Waals surface area contributed by atoms with Crippen LogP contribution in [-0.4, -0.2) is 46.0 Å². The van der Waals surface area contributed by atoms with Crippen LogP contribution in [0.15, 0.2) is 0 Å². The summed E-state index contributed by atoms with van der Waals surface area (Å²) >= 11 is 33.2. The van der Waals surface area contributed by atoms with Crippen molar-refractivity contribution in [3.8, 4) is 0 Å². The monoisotopic (exact) mass is 420 g/mol. The topological polar surface area (TPSA) is 0 Å². The van der Waals surface area contributed by atoms with E-state index in [9.17, 15) is 0 Å². The first kappa shape index (κ1) is 32.5. The van der Waals surface area contributed by atoms with Crippen molar-refractivity contribution in [1.29, 1.82) is 0 Å². The van der Waals surface area contributed by atoms with Gasteiger partial charge >= 0.3 is 21.7 Å². The van der Waals surface area contributed by atoms with Gasteiger partial charge in [-0.15, -0.1) is 0 Å². The summed E-state index contributed by atoms with van der Waals surface area (Å²) in [5, 5.41) is 0. The third-order valence-electron chi connectivity index (χ3n) is 0.365. The van der Waals surface area contributed by atoms with E-state index in [-0.39, 0.29) is 21.7 Å². The Kier molecular flexibility index (Phi) is 96.3. The van der Waals surface area contributed by atoms with Crippen molar-refractivity contribution in [2.45, 2.75) is 0 Å². The van der Waals surface area contributed by atoms with Crippen molar-refractivity contribution >= 4 is 101 Å². The van der Waals surface area contributed by atoms with Crippen LogP contribution in [-0.2, 0) is 72.2 Å². The first-order valence-electron chi connectivity index (χ1n) is 4.42. The first-order chi connectivity index (χ1) is 7.66. The van der Waals surface area contributed by atoms with Crippen LogP contribution in [0.3, 0.4) is 0 Å². The zero-order valence-electron chi connectivity index (χ0n) is 9.58. The van der Waals surface area contributed by atoms with E-state index in [0.29, 0.717) is 0 Å². The summed E-state index contributed by atoms with van der Waals surface area (Å²) < 4.78 is 0. The molecule has 0 amide bonds. The normalized spacial score (nSPS) is 7.06. The maximum Gasteiger partial charge on any atom is 4.00 e. The van der Waals surface area contributed by atoms with Crippen LogP contribution < -0.4 is 0 Å². The molecule has 0 aromatic heterocycles. The van der Waals surface area contributed by atoms with Crippen molar-refractivity contribution in [2.24, 2.45) is 0 Å². The minimum absolute atomic E-state index is 0. The number of hydrogen-bond acceptors (Lipinski definition) is 8. The van der Waals surface area contributed by atoms with Gasteiger partial charge in [-0.05, 0) is 23.0 Å². The molecule has 0 aromatic carbocycles. The van der Waals surface area contributed by atoms with Crippen molar-refractivity contribution in [1.82, 2.24) is 0 Å². The van der Waals surface area contributed by atoms with Gasteiger partial charge in [-0.1, -0.05) is 0 Å². The quantitative estimate of drug-likeness (QED) is 0.311. The molecule has 0 aliphatic heterocycles. The van der Waals surface area contributed by atoms with Crippen LogP contribution in [0.25, 0.3) is 0 Å². The largest absolute Gasteiger partial charge is 4.00 e. The molecule has 0 saturated carbocycles. The van der Waals surface area contributed by atoms with Gasteiger partial charge in [-0.3, -0.25) is 0 Å². The molecule has 0 spiro atoms. The standard InChI is InChI=1S/4C2H6S2.Ti/c4*3-1-2-4;/h4*3-4H,1-2H2;/q;;;;+4/p-4. The average Bonchev–Trinajstić information content (AvgIpc) is 2.39. The molecule has 0 aliphatic carbocycles. The molecular formula is C8H20S8Ti. The van der Waals surface area contributed by atoms with E-state index in [1.807, 2.05) is 0 Å². The molecule has 9 heteroatoms. The van der Waals surface area contributed by atoms with E-state index in [1.54, 1.807) is 0 Å². The second kappa shape index (κ2) is 50.5. The van der Waals surface area contributed by atoms with Crippen molar-refractivity contribution < 1.29 is 21.7 Å². The molecule has 0 fully saturated rings. The van der Waals surface area contributed by atoms with Gasteiger partial charge in [0.15, 0.2) is 0 Å². The Balaban J connectivity index is -0.0000000369. The molecule has 17 heavy (non-hydrogen) atoms. The van der Waals surface area contributed by atoms with Gasteiger partial charge in [-0.25, -0.2) is 0 Å². The predicted molar refractivity (Wildman–Crippen MR) is 104 cm³/mol. The summed E-state index contributed by atoms with van der Waals surface area (Å²) in [6.45, 7) is 0. The maximum atomic E-state index is 4.48. The predicted octanol–water partition coefficient (Wildman–Crippen LogP) is 1.85. The van der Waals surface area contributed by atoms with Crippen molar-refractivity contribution in [3.63, 3.8) is 0 Å². The molecule has 0 aliphatic rings. The zero-order valence-corrected chi connectivity index (χ0v) is 18.0. The van der Waals surface area contributed by atoms with Crippen LogP contribution in [0, 0.1) is 0 Å². The second-order valence-corrected chi connectivity index (χ2v) is 5.13. The third kappa shape index (κ3) is 106. The Morgan fingerprint density at radius 2 is 0.529 bits per heavy atom. The van der Waals surface area contributed by atoms with Crippen LogP contribution in [0.5, 0.6) is 0 Å². The fraction of sp³-hybridized carbons (Fsp3) is 1.00. The SMILES string of the molecule is [S-]CCS.[S-]CCS.[S-]CCS.[S-]CCS.[Ti+4]. The van der Waals surface area contributed by atoms with Crippen molar-refractivity contribution in [2.75, 3.05) is 46.0 Å². The van der Waals surface area contributed by atoms with E-state index >= 15 is 0 Å². The Hall–Kier alpha value is 3.51. The van der Waals surface area contributed by atoms with Crippen LogP contribution in [0.1, 0.15) is 0 Å². The summed E-state index contributed by atoms with van der Waals surface area (Å²) in [5.74, 6) is 6.38. The van der Waals surface area contributed by atoms with Crippen molar-refractivity contribution in [3.05, 3.63) is 0 Å². The van der Waals surface area contributed by atoms with Gasteiger partial charge in [0.25, 0.3) is 0 Å². The van der Waals surface area contributed by atoms with Crippen LogP contribution in [0.4, 0.5) is 0 Å². The molecular weight excluding hydrogens is 400 g/mol. The first-order valence-corrected chi connectivity index (χ1v) is 9.26. The summed E-state index contributed by atoms with van der Waals surface area (Å²) in [6, 6.07) is 0. The minimum Gasteiger partial charge on any atom is -0.792 e. The Bertz CT molecular complexity index is 45.5. The smallest absolute Gasteiger partial charge is 0.792 e. The fourth-order valence-electron chi connectivity index (χ4n) is 0. The van der Waals surface area contributed by atoms with Gasteiger partial charge in [0.2, 0.25) is 0 Å². The van der Waals surface area contributed by atoms with Gasteiger partial charge in [0.1, 0.15) is 0 Å².